The fourth-order valence-electron chi connectivity index (χ4n) is 2.90. The summed E-state index contributed by atoms with van der Waals surface area (Å²) in [5.41, 5.74) is 1.06. The minimum absolute atomic E-state index is 0.00931. The fourth-order valence-corrected chi connectivity index (χ4v) is 2.90. The van der Waals surface area contributed by atoms with Crippen molar-refractivity contribution < 1.29 is 27.5 Å². The number of halogens is 2. The number of ketones is 1. The van der Waals surface area contributed by atoms with Crippen molar-refractivity contribution in [2.75, 3.05) is 26.3 Å². The van der Waals surface area contributed by atoms with E-state index in [1.165, 1.54) is 0 Å². The van der Waals surface area contributed by atoms with Gasteiger partial charge in [-0.1, -0.05) is 6.92 Å². The third kappa shape index (κ3) is 4.47. The Labute approximate surface area is 150 Å². The maximum atomic E-state index is 14.1. The second-order valence-electron chi connectivity index (χ2n) is 6.22. The summed E-state index contributed by atoms with van der Waals surface area (Å²) < 4.78 is 44.2. The average molecular weight is 365 g/mol. The first-order chi connectivity index (χ1) is 12.6. The average Bonchev–Trinajstić information content (AvgIpc) is 3.13. The van der Waals surface area contributed by atoms with Gasteiger partial charge < -0.3 is 13.9 Å². The predicted octanol–water partition coefficient (Wildman–Crippen LogP) is 3.43. The molecule has 3 rings (SSSR count). The van der Waals surface area contributed by atoms with Gasteiger partial charge >= 0.3 is 0 Å². The second-order valence-corrected chi connectivity index (χ2v) is 6.22. The lowest BCUT2D eigenvalue weighted by Gasteiger charge is -2.32. The molecule has 1 saturated heterocycles. The first-order valence-electron chi connectivity index (χ1n) is 8.57. The maximum Gasteiger partial charge on any atom is 0.190 e. The Balaban J connectivity index is 1.59. The Bertz CT molecular complexity index is 725. The standard InChI is InChI=1S/C19H21F2NO4/c1-2-18(23)14-7-16(20)19(17(21)8-14)26-12-15-10-22(4-6-25-15)9-13-3-5-24-11-13/h3,5,7-8,11,15H,2,4,6,9-10,12H2,1H3. The van der Waals surface area contributed by atoms with Crippen molar-refractivity contribution in [2.24, 2.45) is 0 Å². The molecular weight excluding hydrogens is 344 g/mol. The number of hydrogen-bond donors (Lipinski definition) is 0. The number of furan rings is 1. The van der Waals surface area contributed by atoms with E-state index in [-0.39, 0.29) is 30.5 Å². The third-order valence-electron chi connectivity index (χ3n) is 4.26. The van der Waals surface area contributed by atoms with Crippen LogP contribution in [0.2, 0.25) is 0 Å². The van der Waals surface area contributed by atoms with Gasteiger partial charge in [-0.3, -0.25) is 9.69 Å². The number of benzene rings is 1. The van der Waals surface area contributed by atoms with E-state index in [9.17, 15) is 13.6 Å². The molecule has 140 valence electrons. The Morgan fingerprint density at radius 1 is 1.35 bits per heavy atom. The molecule has 1 atom stereocenters. The van der Waals surface area contributed by atoms with Crippen LogP contribution in [-0.4, -0.2) is 43.1 Å². The van der Waals surface area contributed by atoms with Crippen LogP contribution in [0.3, 0.4) is 0 Å². The summed E-state index contributed by atoms with van der Waals surface area (Å²) in [6.45, 7) is 4.24. The van der Waals surface area contributed by atoms with Gasteiger partial charge in [-0.05, 0) is 18.2 Å². The number of Topliss-reactive ketones (excluding diaryl/α,β-unsaturated/α-hetero) is 1. The molecule has 0 spiro atoms. The zero-order valence-corrected chi connectivity index (χ0v) is 14.5. The molecule has 0 bridgehead atoms. The van der Waals surface area contributed by atoms with Crippen molar-refractivity contribution in [3.05, 3.63) is 53.5 Å². The van der Waals surface area contributed by atoms with Crippen LogP contribution in [0.1, 0.15) is 29.3 Å². The molecule has 0 aliphatic carbocycles. The van der Waals surface area contributed by atoms with Crippen LogP contribution < -0.4 is 4.74 Å². The number of ether oxygens (including phenoxy) is 2. The summed E-state index contributed by atoms with van der Waals surface area (Å²) in [4.78, 5) is 13.8. The summed E-state index contributed by atoms with van der Waals surface area (Å²) in [6, 6.07) is 3.92. The van der Waals surface area contributed by atoms with Gasteiger partial charge in [-0.2, -0.15) is 0 Å². The number of carbonyl (C=O) groups excluding carboxylic acids is 1. The molecule has 1 aliphatic heterocycles. The maximum absolute atomic E-state index is 14.1. The van der Waals surface area contributed by atoms with Crippen molar-refractivity contribution in [1.29, 1.82) is 0 Å². The van der Waals surface area contributed by atoms with Crippen LogP contribution in [0, 0.1) is 11.6 Å². The fraction of sp³-hybridized carbons (Fsp3) is 0.421. The Morgan fingerprint density at radius 3 is 2.77 bits per heavy atom. The molecule has 0 saturated carbocycles. The van der Waals surface area contributed by atoms with E-state index in [0.29, 0.717) is 19.7 Å². The van der Waals surface area contributed by atoms with E-state index in [2.05, 4.69) is 4.90 Å². The van der Waals surface area contributed by atoms with Crippen molar-refractivity contribution >= 4 is 5.78 Å². The molecule has 0 radical (unpaired) electrons. The van der Waals surface area contributed by atoms with Gasteiger partial charge in [0.1, 0.15) is 12.7 Å². The smallest absolute Gasteiger partial charge is 0.190 e. The van der Waals surface area contributed by atoms with Gasteiger partial charge in [-0.25, -0.2) is 8.78 Å². The first-order valence-corrected chi connectivity index (χ1v) is 8.57. The predicted molar refractivity (Wildman–Crippen MR) is 90.2 cm³/mol. The molecule has 2 heterocycles. The largest absolute Gasteiger partial charge is 0.485 e. The van der Waals surface area contributed by atoms with E-state index < -0.39 is 17.4 Å². The molecule has 1 aliphatic rings. The monoisotopic (exact) mass is 365 g/mol. The lowest BCUT2D eigenvalue weighted by molar-refractivity contribution is -0.0513. The highest BCUT2D eigenvalue weighted by molar-refractivity contribution is 5.96. The summed E-state index contributed by atoms with van der Waals surface area (Å²) in [5, 5.41) is 0. The molecule has 0 amide bonds. The van der Waals surface area contributed by atoms with Crippen LogP contribution >= 0.6 is 0 Å². The number of morpholine rings is 1. The van der Waals surface area contributed by atoms with Crippen molar-refractivity contribution in [2.45, 2.75) is 26.0 Å². The lowest BCUT2D eigenvalue weighted by atomic mass is 10.1. The zero-order chi connectivity index (χ0) is 18.5. The Morgan fingerprint density at radius 2 is 2.12 bits per heavy atom. The molecular formula is C19H21F2NO4. The van der Waals surface area contributed by atoms with Crippen LogP contribution in [0.15, 0.2) is 35.1 Å². The number of rotatable bonds is 7. The van der Waals surface area contributed by atoms with Crippen LogP contribution in [0.5, 0.6) is 5.75 Å². The topological polar surface area (TPSA) is 51.9 Å². The molecule has 2 aromatic rings. The van der Waals surface area contributed by atoms with E-state index in [1.54, 1.807) is 19.5 Å². The van der Waals surface area contributed by atoms with Crippen LogP contribution in [0.4, 0.5) is 8.78 Å². The highest BCUT2D eigenvalue weighted by Crippen LogP contribution is 2.24. The molecule has 5 nitrogen and oxygen atoms in total. The minimum Gasteiger partial charge on any atom is -0.485 e. The first kappa shape index (κ1) is 18.5. The zero-order valence-electron chi connectivity index (χ0n) is 14.5. The highest BCUT2D eigenvalue weighted by Gasteiger charge is 2.23. The summed E-state index contributed by atoms with van der Waals surface area (Å²) in [7, 11) is 0. The van der Waals surface area contributed by atoms with Crippen LogP contribution in [-0.2, 0) is 11.3 Å². The molecule has 7 heteroatoms. The molecule has 1 fully saturated rings. The summed E-state index contributed by atoms with van der Waals surface area (Å²) in [6.07, 6.45) is 3.19. The van der Waals surface area contributed by atoms with Gasteiger partial charge in [0.15, 0.2) is 23.2 Å². The Kier molecular flexibility index (Phi) is 6.00. The lowest BCUT2D eigenvalue weighted by Crippen LogP contribution is -2.44. The van der Waals surface area contributed by atoms with Gasteiger partial charge in [0.25, 0.3) is 0 Å². The quantitative estimate of drug-likeness (QED) is 0.704. The molecule has 1 aromatic heterocycles. The molecule has 0 N–H and O–H groups in total. The SMILES string of the molecule is CCC(=O)c1cc(F)c(OCC2CN(Cc3ccoc3)CCO2)c(F)c1. The van der Waals surface area contributed by atoms with Crippen LogP contribution in [0.25, 0.3) is 0 Å². The molecule has 1 unspecified atom stereocenters. The summed E-state index contributed by atoms with van der Waals surface area (Å²) >= 11 is 0. The molecule has 1 aromatic carbocycles. The second kappa shape index (κ2) is 8.42. The van der Waals surface area contributed by atoms with E-state index in [1.807, 2.05) is 6.07 Å². The minimum atomic E-state index is -0.882. The molecule has 26 heavy (non-hydrogen) atoms. The van der Waals surface area contributed by atoms with Crippen molar-refractivity contribution in [1.82, 2.24) is 4.90 Å². The number of carbonyl (C=O) groups is 1. The van der Waals surface area contributed by atoms with Gasteiger partial charge in [-0.15, -0.1) is 0 Å². The van der Waals surface area contributed by atoms with E-state index >= 15 is 0 Å². The number of hydrogen-bond acceptors (Lipinski definition) is 5. The van der Waals surface area contributed by atoms with E-state index in [0.717, 1.165) is 24.2 Å². The highest BCUT2D eigenvalue weighted by atomic mass is 19.1. The van der Waals surface area contributed by atoms with Crippen molar-refractivity contribution in [3.8, 4) is 5.75 Å². The normalized spacial score (nSPS) is 18.0. The third-order valence-corrected chi connectivity index (χ3v) is 4.26. The van der Waals surface area contributed by atoms with Gasteiger partial charge in [0.05, 0.1) is 19.1 Å². The number of nitrogens with zero attached hydrogens (tertiary/aromatic N) is 1. The summed E-state index contributed by atoms with van der Waals surface area (Å²) in [5.74, 6) is -2.56. The van der Waals surface area contributed by atoms with Gasteiger partial charge in [0.2, 0.25) is 0 Å². The van der Waals surface area contributed by atoms with Crippen molar-refractivity contribution in [3.63, 3.8) is 0 Å². The Hall–Kier alpha value is -2.25. The van der Waals surface area contributed by atoms with E-state index in [4.69, 9.17) is 13.9 Å². The van der Waals surface area contributed by atoms with Gasteiger partial charge in [0, 0.05) is 37.2 Å².